The van der Waals surface area contributed by atoms with Crippen LogP contribution in [-0.4, -0.2) is 11.8 Å². The fourth-order valence-corrected chi connectivity index (χ4v) is 0.891. The summed E-state index contributed by atoms with van der Waals surface area (Å²) < 4.78 is 25.7. The molecule has 2 N–H and O–H groups in total. The summed E-state index contributed by atoms with van der Waals surface area (Å²) >= 11 is 0. The van der Waals surface area contributed by atoms with Gasteiger partial charge in [0.1, 0.15) is 0 Å². The Balaban J connectivity index is 2.82. The fourth-order valence-electron chi connectivity index (χ4n) is 0.891. The van der Waals surface area contributed by atoms with Crippen molar-refractivity contribution in [1.29, 1.82) is 0 Å². The number of halogens is 2. The van der Waals surface area contributed by atoms with Crippen LogP contribution in [0, 0.1) is 11.6 Å². The number of carbonyl (C=O) groups excluding carboxylic acids is 2. The van der Waals surface area contributed by atoms with Gasteiger partial charge in [0, 0.05) is 6.92 Å². The second-order valence-corrected chi connectivity index (χ2v) is 2.74. The minimum Gasteiger partial charge on any atom is -0.274 e. The molecule has 1 aromatic rings. The maximum Gasteiger partial charge on any atom is 0.272 e. The van der Waals surface area contributed by atoms with Gasteiger partial charge in [0.15, 0.2) is 11.6 Å². The molecule has 0 fully saturated rings. The van der Waals surface area contributed by atoms with Gasteiger partial charge in [-0.2, -0.15) is 0 Å². The van der Waals surface area contributed by atoms with Gasteiger partial charge >= 0.3 is 0 Å². The average molecular weight is 214 g/mol. The van der Waals surface area contributed by atoms with Crippen LogP contribution in [0.1, 0.15) is 17.3 Å². The second-order valence-electron chi connectivity index (χ2n) is 2.74. The van der Waals surface area contributed by atoms with E-state index in [1.807, 2.05) is 10.9 Å². The van der Waals surface area contributed by atoms with Gasteiger partial charge in [-0.1, -0.05) is 6.07 Å². The third-order valence-corrected chi connectivity index (χ3v) is 1.55. The van der Waals surface area contributed by atoms with E-state index in [-0.39, 0.29) is 0 Å². The van der Waals surface area contributed by atoms with E-state index in [2.05, 4.69) is 0 Å². The summed E-state index contributed by atoms with van der Waals surface area (Å²) in [4.78, 5) is 21.6. The molecule has 4 nitrogen and oxygen atoms in total. The van der Waals surface area contributed by atoms with Crippen molar-refractivity contribution < 1.29 is 18.4 Å². The topological polar surface area (TPSA) is 58.2 Å². The average Bonchev–Trinajstić information content (AvgIpc) is 2.18. The molecule has 0 saturated carbocycles. The van der Waals surface area contributed by atoms with E-state index in [1.54, 1.807) is 0 Å². The first kappa shape index (κ1) is 11.1. The Morgan fingerprint density at radius 3 is 2.47 bits per heavy atom. The number of rotatable bonds is 1. The highest BCUT2D eigenvalue weighted by molar-refractivity contribution is 5.95. The molecule has 6 heteroatoms. The molecule has 0 aliphatic heterocycles. The van der Waals surface area contributed by atoms with Crippen molar-refractivity contribution in [1.82, 2.24) is 10.9 Å². The lowest BCUT2D eigenvalue weighted by molar-refractivity contribution is -0.119. The zero-order chi connectivity index (χ0) is 11.4. The van der Waals surface area contributed by atoms with Crippen LogP contribution in [0.3, 0.4) is 0 Å². The van der Waals surface area contributed by atoms with Crippen LogP contribution >= 0.6 is 0 Å². The number of amides is 2. The summed E-state index contributed by atoms with van der Waals surface area (Å²) in [5.41, 5.74) is 3.42. The second kappa shape index (κ2) is 4.50. The number of hydrazine groups is 1. The molecule has 2 amide bonds. The van der Waals surface area contributed by atoms with Crippen molar-refractivity contribution in [2.24, 2.45) is 0 Å². The van der Waals surface area contributed by atoms with Crippen molar-refractivity contribution >= 4 is 11.8 Å². The van der Waals surface area contributed by atoms with Gasteiger partial charge in [0.05, 0.1) is 5.56 Å². The number of hydrogen-bond donors (Lipinski definition) is 2. The van der Waals surface area contributed by atoms with Gasteiger partial charge in [-0.15, -0.1) is 0 Å². The zero-order valence-corrected chi connectivity index (χ0v) is 7.80. The molecule has 0 bridgehead atoms. The standard InChI is InChI=1S/C9H8F2N2O2/c1-5(14)12-13-9(15)6-3-2-4-7(10)8(6)11/h2-4H,1H3,(H,12,14)(H,13,15). The van der Waals surface area contributed by atoms with Crippen LogP contribution < -0.4 is 10.9 Å². The van der Waals surface area contributed by atoms with Crippen molar-refractivity contribution in [2.75, 3.05) is 0 Å². The highest BCUT2D eigenvalue weighted by Crippen LogP contribution is 2.10. The Hall–Kier alpha value is -1.98. The molecule has 0 unspecified atom stereocenters. The molecular weight excluding hydrogens is 206 g/mol. The Labute approximate surface area is 84.3 Å². The quantitative estimate of drug-likeness (QED) is 0.677. The van der Waals surface area contributed by atoms with Crippen molar-refractivity contribution in [3.8, 4) is 0 Å². The van der Waals surface area contributed by atoms with Gasteiger partial charge in [-0.25, -0.2) is 8.78 Å². The number of hydrogen-bond acceptors (Lipinski definition) is 2. The van der Waals surface area contributed by atoms with Gasteiger partial charge in [-0.3, -0.25) is 20.4 Å². The van der Waals surface area contributed by atoms with Gasteiger partial charge < -0.3 is 0 Å². The highest BCUT2D eigenvalue weighted by Gasteiger charge is 2.14. The summed E-state index contributed by atoms with van der Waals surface area (Å²) in [7, 11) is 0. The molecule has 0 aliphatic rings. The molecule has 1 aromatic carbocycles. The minimum atomic E-state index is -1.25. The lowest BCUT2D eigenvalue weighted by Gasteiger charge is -2.05. The van der Waals surface area contributed by atoms with Crippen molar-refractivity contribution in [2.45, 2.75) is 6.92 Å². The SMILES string of the molecule is CC(=O)NNC(=O)c1cccc(F)c1F. The number of nitrogens with one attached hydrogen (secondary N) is 2. The first-order valence-electron chi connectivity index (χ1n) is 4.03. The fraction of sp³-hybridized carbons (Fsp3) is 0.111. The Morgan fingerprint density at radius 1 is 1.20 bits per heavy atom. The van der Waals surface area contributed by atoms with Crippen LogP contribution in [0.5, 0.6) is 0 Å². The molecule has 0 radical (unpaired) electrons. The predicted molar refractivity (Wildman–Crippen MR) is 47.6 cm³/mol. The Kier molecular flexibility index (Phi) is 3.33. The van der Waals surface area contributed by atoms with E-state index in [0.717, 1.165) is 12.1 Å². The van der Waals surface area contributed by atoms with Crippen molar-refractivity contribution in [3.05, 3.63) is 35.4 Å². The lowest BCUT2D eigenvalue weighted by Crippen LogP contribution is -2.40. The summed E-state index contributed by atoms with van der Waals surface area (Å²) in [5, 5.41) is 0. The van der Waals surface area contributed by atoms with Gasteiger partial charge in [-0.05, 0) is 12.1 Å². The van der Waals surface area contributed by atoms with E-state index in [9.17, 15) is 18.4 Å². The van der Waals surface area contributed by atoms with Crippen LogP contribution in [-0.2, 0) is 4.79 Å². The molecule has 0 spiro atoms. The van der Waals surface area contributed by atoms with Crippen LogP contribution in [0.4, 0.5) is 8.78 Å². The summed E-state index contributed by atoms with van der Waals surface area (Å²) in [6.45, 7) is 1.17. The van der Waals surface area contributed by atoms with Gasteiger partial charge in [0.25, 0.3) is 5.91 Å². The molecule has 0 heterocycles. The highest BCUT2D eigenvalue weighted by atomic mass is 19.2. The number of benzene rings is 1. The molecule has 0 aliphatic carbocycles. The maximum atomic E-state index is 13.0. The molecule has 1 rings (SSSR count). The van der Waals surface area contributed by atoms with E-state index < -0.39 is 29.0 Å². The van der Waals surface area contributed by atoms with Crippen LogP contribution in [0.25, 0.3) is 0 Å². The number of carbonyl (C=O) groups is 2. The van der Waals surface area contributed by atoms with Crippen LogP contribution in [0.15, 0.2) is 18.2 Å². The lowest BCUT2D eigenvalue weighted by atomic mass is 10.2. The summed E-state index contributed by atoms with van der Waals surface area (Å²) in [5.74, 6) is -3.80. The van der Waals surface area contributed by atoms with Gasteiger partial charge in [0.2, 0.25) is 5.91 Å². The molecule has 0 saturated heterocycles. The van der Waals surface area contributed by atoms with E-state index in [4.69, 9.17) is 0 Å². The van der Waals surface area contributed by atoms with E-state index in [0.29, 0.717) is 0 Å². The smallest absolute Gasteiger partial charge is 0.272 e. The Bertz CT molecular complexity index is 407. The Morgan fingerprint density at radius 2 is 1.87 bits per heavy atom. The molecule has 0 atom stereocenters. The molecule has 0 aromatic heterocycles. The summed E-state index contributed by atoms with van der Waals surface area (Å²) in [6, 6.07) is 3.20. The molecule has 15 heavy (non-hydrogen) atoms. The minimum absolute atomic E-state index is 0.469. The largest absolute Gasteiger partial charge is 0.274 e. The monoisotopic (exact) mass is 214 g/mol. The third kappa shape index (κ3) is 2.73. The normalized spacial score (nSPS) is 9.53. The maximum absolute atomic E-state index is 13.0. The molecular formula is C9H8F2N2O2. The van der Waals surface area contributed by atoms with Crippen molar-refractivity contribution in [3.63, 3.8) is 0 Å². The molecule has 80 valence electrons. The van der Waals surface area contributed by atoms with E-state index in [1.165, 1.54) is 13.0 Å². The first-order valence-corrected chi connectivity index (χ1v) is 4.03. The van der Waals surface area contributed by atoms with Crippen LogP contribution in [0.2, 0.25) is 0 Å². The zero-order valence-electron chi connectivity index (χ0n) is 7.80. The third-order valence-electron chi connectivity index (χ3n) is 1.55. The van der Waals surface area contributed by atoms with E-state index >= 15 is 0 Å². The summed E-state index contributed by atoms with van der Waals surface area (Å²) in [6.07, 6.45) is 0. The predicted octanol–water partition coefficient (Wildman–Crippen LogP) is 0.746. The first-order chi connectivity index (χ1) is 7.02.